The molecular formula is C14H14F3NO4. The number of aliphatic carboxylic acids is 1. The molecule has 0 unspecified atom stereocenters. The molecule has 0 aliphatic heterocycles. The highest BCUT2D eigenvalue weighted by Crippen LogP contribution is 2.60. The summed E-state index contributed by atoms with van der Waals surface area (Å²) in [5.41, 5.74) is -1.27. The maximum Gasteiger partial charge on any atom is 0.407 e. The molecule has 22 heavy (non-hydrogen) atoms. The van der Waals surface area contributed by atoms with Crippen LogP contribution in [0.2, 0.25) is 0 Å². The van der Waals surface area contributed by atoms with Gasteiger partial charge in [-0.3, -0.25) is 4.79 Å². The van der Waals surface area contributed by atoms with Gasteiger partial charge in [0.1, 0.15) is 6.61 Å². The Balaban J connectivity index is 1.84. The van der Waals surface area contributed by atoms with Gasteiger partial charge < -0.3 is 15.2 Å². The first-order valence-electron chi connectivity index (χ1n) is 6.50. The first kappa shape index (κ1) is 16.1. The van der Waals surface area contributed by atoms with E-state index in [1.807, 2.05) is 0 Å². The molecule has 2 N–H and O–H groups in total. The van der Waals surface area contributed by atoms with Crippen molar-refractivity contribution < 1.29 is 32.6 Å². The second-order valence-corrected chi connectivity index (χ2v) is 5.17. The monoisotopic (exact) mass is 317 g/mol. The van der Waals surface area contributed by atoms with Crippen molar-refractivity contribution in [1.82, 2.24) is 5.32 Å². The van der Waals surface area contributed by atoms with Gasteiger partial charge in [0.25, 0.3) is 0 Å². The number of benzene rings is 1. The lowest BCUT2D eigenvalue weighted by Gasteiger charge is -2.15. The number of nitrogens with one attached hydrogen (secondary N) is 1. The summed E-state index contributed by atoms with van der Waals surface area (Å²) < 4.78 is 42.6. The highest BCUT2D eigenvalue weighted by atomic mass is 19.4. The van der Waals surface area contributed by atoms with Crippen molar-refractivity contribution in [3.63, 3.8) is 0 Å². The molecule has 1 aliphatic carbocycles. The minimum atomic E-state index is -4.59. The highest BCUT2D eigenvalue weighted by molar-refractivity contribution is 5.80. The smallest absolute Gasteiger partial charge is 0.407 e. The number of carbonyl (C=O) groups is 2. The Hall–Kier alpha value is -2.25. The Bertz CT molecular complexity index is 561. The fraction of sp³-hybridized carbons (Fsp3) is 0.429. The fourth-order valence-electron chi connectivity index (χ4n) is 2.25. The molecular weight excluding hydrogens is 303 g/mol. The SMILES string of the molecule is O=C(NC[C@]1(C(=O)O)C[C@@H]1C(F)(F)F)OCc1ccccc1. The maximum absolute atomic E-state index is 12.6. The van der Waals surface area contributed by atoms with Crippen LogP contribution in [0, 0.1) is 11.3 Å². The van der Waals surface area contributed by atoms with Crippen molar-refractivity contribution in [3.05, 3.63) is 35.9 Å². The van der Waals surface area contributed by atoms with Crippen molar-refractivity contribution in [1.29, 1.82) is 0 Å². The lowest BCUT2D eigenvalue weighted by Crippen LogP contribution is -2.37. The fourth-order valence-corrected chi connectivity index (χ4v) is 2.25. The summed E-state index contributed by atoms with van der Waals surface area (Å²) in [4.78, 5) is 22.5. The third-order valence-corrected chi connectivity index (χ3v) is 3.66. The third-order valence-electron chi connectivity index (χ3n) is 3.66. The van der Waals surface area contributed by atoms with Gasteiger partial charge in [0.05, 0.1) is 11.3 Å². The molecule has 0 bridgehead atoms. The van der Waals surface area contributed by atoms with Crippen molar-refractivity contribution in [2.45, 2.75) is 19.2 Å². The van der Waals surface area contributed by atoms with Crippen LogP contribution >= 0.6 is 0 Å². The van der Waals surface area contributed by atoms with E-state index in [1.54, 1.807) is 30.3 Å². The molecule has 120 valence electrons. The van der Waals surface area contributed by atoms with Crippen LogP contribution in [0.15, 0.2) is 30.3 Å². The second-order valence-electron chi connectivity index (χ2n) is 5.17. The van der Waals surface area contributed by atoms with Crippen LogP contribution in [0.4, 0.5) is 18.0 Å². The molecule has 0 spiro atoms. The van der Waals surface area contributed by atoms with Gasteiger partial charge in [0, 0.05) is 6.54 Å². The van der Waals surface area contributed by atoms with E-state index in [2.05, 4.69) is 5.32 Å². The van der Waals surface area contributed by atoms with E-state index in [9.17, 15) is 22.8 Å². The number of rotatable bonds is 5. The van der Waals surface area contributed by atoms with Gasteiger partial charge in [-0.1, -0.05) is 30.3 Å². The van der Waals surface area contributed by atoms with Crippen LogP contribution in [0.1, 0.15) is 12.0 Å². The summed E-state index contributed by atoms with van der Waals surface area (Å²) in [6.45, 7) is -0.657. The molecule has 0 aromatic heterocycles. The minimum absolute atomic E-state index is 0.0462. The van der Waals surface area contributed by atoms with E-state index in [0.29, 0.717) is 5.56 Å². The molecule has 0 saturated heterocycles. The molecule has 1 saturated carbocycles. The van der Waals surface area contributed by atoms with Crippen LogP contribution in [0.5, 0.6) is 0 Å². The second kappa shape index (κ2) is 5.86. The van der Waals surface area contributed by atoms with Gasteiger partial charge >= 0.3 is 18.2 Å². The first-order chi connectivity index (χ1) is 10.3. The summed E-state index contributed by atoms with van der Waals surface area (Å²) in [6.07, 6.45) is -6.07. The Morgan fingerprint density at radius 1 is 1.32 bits per heavy atom. The van der Waals surface area contributed by atoms with Gasteiger partial charge in [-0.2, -0.15) is 13.2 Å². The van der Waals surface area contributed by atoms with E-state index < -0.39 is 42.5 Å². The number of halogens is 3. The normalized spacial score (nSPS) is 23.7. The topological polar surface area (TPSA) is 75.6 Å². The van der Waals surface area contributed by atoms with E-state index in [-0.39, 0.29) is 6.61 Å². The summed E-state index contributed by atoms with van der Waals surface area (Å²) in [5, 5.41) is 11.1. The number of carboxylic acid groups (broad SMARTS) is 1. The van der Waals surface area contributed by atoms with E-state index >= 15 is 0 Å². The van der Waals surface area contributed by atoms with Crippen LogP contribution in [0.3, 0.4) is 0 Å². The van der Waals surface area contributed by atoms with Crippen molar-refractivity contribution in [2.24, 2.45) is 11.3 Å². The zero-order chi connectivity index (χ0) is 16.4. The molecule has 2 rings (SSSR count). The number of ether oxygens (including phenoxy) is 1. The van der Waals surface area contributed by atoms with Crippen molar-refractivity contribution in [2.75, 3.05) is 6.54 Å². The molecule has 8 heteroatoms. The molecule has 1 aromatic carbocycles. The lowest BCUT2D eigenvalue weighted by molar-refractivity contribution is -0.168. The minimum Gasteiger partial charge on any atom is -0.481 e. The van der Waals surface area contributed by atoms with Gasteiger partial charge in [-0.15, -0.1) is 0 Å². The first-order valence-corrected chi connectivity index (χ1v) is 6.50. The van der Waals surface area contributed by atoms with Gasteiger partial charge in [0.2, 0.25) is 0 Å². The summed E-state index contributed by atoms with van der Waals surface area (Å²) in [5.74, 6) is -3.51. The molecule has 1 fully saturated rings. The average molecular weight is 317 g/mol. The van der Waals surface area contributed by atoms with Crippen molar-refractivity contribution in [3.8, 4) is 0 Å². The lowest BCUT2D eigenvalue weighted by atomic mass is 10.0. The Morgan fingerprint density at radius 2 is 1.95 bits per heavy atom. The number of carbonyl (C=O) groups excluding carboxylic acids is 1. The van der Waals surface area contributed by atoms with Crippen LogP contribution in [0.25, 0.3) is 0 Å². The van der Waals surface area contributed by atoms with Gasteiger partial charge in [-0.25, -0.2) is 4.79 Å². The zero-order valence-corrected chi connectivity index (χ0v) is 11.4. The summed E-state index contributed by atoms with van der Waals surface area (Å²) in [6, 6.07) is 8.70. The van der Waals surface area contributed by atoms with Crippen LogP contribution in [-0.4, -0.2) is 29.9 Å². The highest BCUT2D eigenvalue weighted by Gasteiger charge is 2.71. The number of amides is 1. The predicted octanol–water partition coefficient (Wildman–Crippen LogP) is 2.57. The predicted molar refractivity (Wildman–Crippen MR) is 68.9 cm³/mol. The largest absolute Gasteiger partial charge is 0.481 e. The molecule has 0 radical (unpaired) electrons. The zero-order valence-electron chi connectivity index (χ0n) is 11.4. The molecule has 5 nitrogen and oxygen atoms in total. The van der Waals surface area contributed by atoms with Gasteiger partial charge in [0.15, 0.2) is 0 Å². The van der Waals surface area contributed by atoms with E-state index in [4.69, 9.17) is 9.84 Å². The Labute approximate surface area is 124 Å². The number of carboxylic acids is 1. The van der Waals surface area contributed by atoms with Crippen LogP contribution < -0.4 is 5.32 Å². The van der Waals surface area contributed by atoms with Gasteiger partial charge in [-0.05, 0) is 12.0 Å². The number of alkyl halides is 3. The van der Waals surface area contributed by atoms with E-state index in [1.165, 1.54) is 0 Å². The molecule has 1 aromatic rings. The number of hydrogen-bond acceptors (Lipinski definition) is 3. The van der Waals surface area contributed by atoms with E-state index in [0.717, 1.165) is 0 Å². The molecule has 2 atom stereocenters. The molecule has 1 amide bonds. The number of hydrogen-bond donors (Lipinski definition) is 2. The van der Waals surface area contributed by atoms with Crippen molar-refractivity contribution >= 4 is 12.1 Å². The Morgan fingerprint density at radius 3 is 2.45 bits per heavy atom. The summed E-state index contributed by atoms with van der Waals surface area (Å²) >= 11 is 0. The average Bonchev–Trinajstić information content (AvgIpc) is 3.20. The summed E-state index contributed by atoms with van der Waals surface area (Å²) in [7, 11) is 0. The van der Waals surface area contributed by atoms with Crippen LogP contribution in [-0.2, 0) is 16.1 Å². The standard InChI is InChI=1S/C14H14F3NO4/c15-14(16,17)10-6-13(10,11(19)20)8-18-12(21)22-7-9-4-2-1-3-5-9/h1-5,10H,6-8H2,(H,18,21)(H,19,20)/t10-,13+/m0/s1. The number of alkyl carbamates (subject to hydrolysis) is 1. The quantitative estimate of drug-likeness (QED) is 0.875. The molecule has 0 heterocycles. The Kier molecular flexibility index (Phi) is 4.30. The third kappa shape index (κ3) is 3.49. The maximum atomic E-state index is 12.6. The molecule has 1 aliphatic rings.